The molecule has 27 heteroatoms. The Kier molecular flexibility index (Phi) is 22.3. The number of nitrogens with one attached hydrogen (secondary N) is 10. The molecule has 0 saturated carbocycles. The Morgan fingerprint density at radius 3 is 2.07 bits per heavy atom. The molecule has 1 fully saturated rings. The first-order valence-corrected chi connectivity index (χ1v) is 25.0. The average Bonchev–Trinajstić information content (AvgIpc) is 3.92. The SMILES string of the molecule is CCC(C)C1NC(=O)CNC(=O)C2Cc3c([nH]c4cc(O)ccc34)S(=O)CC(NC(=O)CNC1=O)C(=O)NC(CC(=O)O)C(=O)N1CC(O)CC1C(=O)NC(C(C)C(O)CO)C(=O)N2.[NH-]CCCCCC[NH-]. The van der Waals surface area contributed by atoms with Gasteiger partial charge in [-0.2, -0.15) is 13.1 Å². The molecule has 1 aromatic heterocycles. The number of aromatic nitrogens is 1. The van der Waals surface area contributed by atoms with Crippen molar-refractivity contribution in [3.05, 3.63) is 35.2 Å². The number of benzene rings is 1. The van der Waals surface area contributed by atoms with Crippen molar-refractivity contribution in [1.29, 1.82) is 0 Å². The van der Waals surface area contributed by atoms with Gasteiger partial charge < -0.3 is 84.1 Å². The first kappa shape index (κ1) is 58.3. The van der Waals surface area contributed by atoms with E-state index in [0.717, 1.165) is 30.6 Å². The van der Waals surface area contributed by atoms with Gasteiger partial charge in [-0.05, 0) is 23.6 Å². The number of aliphatic hydroxyl groups excluding tert-OH is 3. The number of carboxylic acid groups (broad SMARTS) is 1. The minimum absolute atomic E-state index is 0.0635. The number of carboxylic acids is 1. The monoisotopic (exact) mass is 1030 g/mol. The summed E-state index contributed by atoms with van der Waals surface area (Å²) >= 11 is 0. The Bertz CT molecular complexity index is 2310. The van der Waals surface area contributed by atoms with Crippen LogP contribution in [0.1, 0.15) is 71.3 Å². The van der Waals surface area contributed by atoms with Crippen LogP contribution in [0.15, 0.2) is 23.2 Å². The molecule has 400 valence electrons. The van der Waals surface area contributed by atoms with Gasteiger partial charge >= 0.3 is 5.97 Å². The van der Waals surface area contributed by atoms with Gasteiger partial charge in [-0.15, -0.1) is 0 Å². The summed E-state index contributed by atoms with van der Waals surface area (Å²) in [6.07, 6.45) is -0.434. The topological polar surface area (TPSA) is 423 Å². The summed E-state index contributed by atoms with van der Waals surface area (Å²) in [7, 11) is -2.41. The van der Waals surface area contributed by atoms with Crippen molar-refractivity contribution >= 4 is 74.9 Å². The number of rotatable bonds is 12. The molecule has 5 rings (SSSR count). The second-order valence-electron chi connectivity index (χ2n) is 18.0. The molecule has 26 nitrogen and oxygen atoms in total. The maximum absolute atomic E-state index is 14.5. The van der Waals surface area contributed by atoms with Crippen LogP contribution in [0.5, 0.6) is 5.75 Å². The Morgan fingerprint density at radius 2 is 1.46 bits per heavy atom. The van der Waals surface area contributed by atoms with Crippen molar-refractivity contribution in [2.45, 2.75) is 126 Å². The molecule has 2 bridgehead atoms. The largest absolute Gasteiger partial charge is 0.677 e. The predicted octanol–water partition coefficient (Wildman–Crippen LogP) is -2.67. The van der Waals surface area contributed by atoms with Crippen LogP contribution in [0.3, 0.4) is 0 Å². The van der Waals surface area contributed by atoms with Gasteiger partial charge in [-0.25, -0.2) is 0 Å². The standard InChI is InChI=1S/C39H53N9O15S.C6H14N2/c1-4-16(2)31-36(60)41-11-28(53)42-25-15-64(63)38-21(20-6-5-18(50)7-22(20)45-38)9-23(33(57)40-12-29(54)46-31)43-37(61)32(17(3)27(52)14-49)47-35(59)26-8-19(51)13-48(26)39(62)24(10-30(55)56)44-34(25)58;7-5-3-1-2-4-6-8/h5-7,16-17,19,23-27,31-32,45,49-52H,4,8-15H2,1-3H3,(H,40,57)(H,41,60)(H,42,53)(H,43,61)(H,44,58)(H,46,54)(H,47,59)(H,55,56);7-8H,1-6H2/q;-2. The van der Waals surface area contributed by atoms with Gasteiger partial charge in [0.15, 0.2) is 0 Å². The van der Waals surface area contributed by atoms with E-state index in [4.69, 9.17) is 11.5 Å². The van der Waals surface area contributed by atoms with Gasteiger partial charge in [0.05, 0.1) is 60.4 Å². The highest BCUT2D eigenvalue weighted by atomic mass is 32.2. The summed E-state index contributed by atoms with van der Waals surface area (Å²) in [4.78, 5) is 127. The van der Waals surface area contributed by atoms with E-state index in [9.17, 15) is 72.9 Å². The van der Waals surface area contributed by atoms with Gasteiger partial charge in [-0.1, -0.05) is 52.9 Å². The van der Waals surface area contributed by atoms with E-state index < -0.39 is 176 Å². The minimum Gasteiger partial charge on any atom is -0.677 e. The molecule has 0 radical (unpaired) electrons. The summed E-state index contributed by atoms with van der Waals surface area (Å²) in [5.74, 6) is -12.9. The number of H-pyrrole nitrogens is 1. The number of amides is 8. The van der Waals surface area contributed by atoms with Crippen molar-refractivity contribution in [1.82, 2.24) is 47.1 Å². The number of aromatic amines is 1. The smallest absolute Gasteiger partial charge is 0.305 e. The highest BCUT2D eigenvalue weighted by molar-refractivity contribution is 7.85. The van der Waals surface area contributed by atoms with Crippen molar-refractivity contribution < 1.29 is 72.9 Å². The van der Waals surface area contributed by atoms with Crippen LogP contribution >= 0.6 is 0 Å². The van der Waals surface area contributed by atoms with Crippen LogP contribution in [0.4, 0.5) is 0 Å². The molecular weight excluding hydrogens is 967 g/mol. The number of unbranched alkanes of at least 4 members (excludes halogenated alkanes) is 3. The molecule has 3 aliphatic heterocycles. The van der Waals surface area contributed by atoms with E-state index >= 15 is 0 Å². The van der Waals surface area contributed by atoms with Crippen LogP contribution in [0, 0.1) is 11.8 Å². The number of aromatic hydroxyl groups is 1. The highest BCUT2D eigenvalue weighted by Crippen LogP contribution is 2.30. The molecule has 0 aliphatic carbocycles. The van der Waals surface area contributed by atoms with Crippen LogP contribution in [0.2, 0.25) is 0 Å². The number of phenolic OH excluding ortho intramolecular Hbond substituents is 1. The third-order valence-corrected chi connectivity index (χ3v) is 14.0. The van der Waals surface area contributed by atoms with E-state index in [1.54, 1.807) is 13.8 Å². The van der Waals surface area contributed by atoms with E-state index in [1.807, 2.05) is 0 Å². The molecule has 4 heterocycles. The number of hydrogen-bond acceptors (Lipinski definition) is 14. The molecular formula is C45H67N11O15S-2. The van der Waals surface area contributed by atoms with Crippen molar-refractivity contribution in [3.63, 3.8) is 0 Å². The van der Waals surface area contributed by atoms with Gasteiger partial charge in [0.25, 0.3) is 0 Å². The fraction of sp³-hybridized carbons (Fsp3) is 0.622. The quantitative estimate of drug-likeness (QED) is 0.0965. The number of hydrogen-bond donors (Lipinski definition) is 13. The summed E-state index contributed by atoms with van der Waals surface area (Å²) in [6, 6.07) is -6.28. The number of phenols is 1. The van der Waals surface area contributed by atoms with E-state index in [2.05, 4.69) is 42.2 Å². The molecule has 11 unspecified atom stereocenters. The first-order chi connectivity index (χ1) is 34.1. The lowest BCUT2D eigenvalue weighted by molar-refractivity contribution is -0.146. The lowest BCUT2D eigenvalue weighted by atomic mass is 9.93. The fourth-order valence-corrected chi connectivity index (χ4v) is 9.67. The van der Waals surface area contributed by atoms with Gasteiger partial charge in [0.1, 0.15) is 47.0 Å². The van der Waals surface area contributed by atoms with Crippen LogP contribution < -0.4 is 37.2 Å². The Hall–Kier alpha value is -6.26. The number of aliphatic carboxylic acids is 1. The highest BCUT2D eigenvalue weighted by Gasteiger charge is 2.45. The lowest BCUT2D eigenvalue weighted by Gasteiger charge is -2.32. The molecule has 2 aromatic rings. The Morgan fingerprint density at radius 1 is 0.819 bits per heavy atom. The normalized spacial score (nSPS) is 26.4. The number of carbonyl (C=O) groups excluding carboxylic acids is 8. The average molecular weight is 1030 g/mol. The Labute approximate surface area is 417 Å². The minimum atomic E-state index is -2.41. The van der Waals surface area contributed by atoms with Crippen LogP contribution in [-0.2, 0) is 60.4 Å². The first-order valence-electron chi connectivity index (χ1n) is 23.7. The molecule has 15 N–H and O–H groups in total. The van der Waals surface area contributed by atoms with Crippen molar-refractivity contribution in [2.75, 3.05) is 45.1 Å². The fourth-order valence-electron chi connectivity index (χ4n) is 8.28. The number of nitrogens with zero attached hydrogens (tertiary/aromatic N) is 1. The van der Waals surface area contributed by atoms with Crippen LogP contribution in [-0.4, -0.2) is 186 Å². The third kappa shape index (κ3) is 15.9. The zero-order valence-corrected chi connectivity index (χ0v) is 41.1. The van der Waals surface area contributed by atoms with E-state index in [-0.39, 0.29) is 27.2 Å². The van der Waals surface area contributed by atoms with Gasteiger partial charge in [0.2, 0.25) is 47.3 Å². The summed E-state index contributed by atoms with van der Waals surface area (Å²) < 4.78 is 14.5. The zero-order valence-electron chi connectivity index (χ0n) is 40.3. The zero-order chi connectivity index (χ0) is 53.4. The third-order valence-electron chi connectivity index (χ3n) is 12.6. The number of carbonyl (C=O) groups is 9. The summed E-state index contributed by atoms with van der Waals surface area (Å²) in [5, 5.41) is 68.3. The number of aliphatic hydroxyl groups is 3. The van der Waals surface area contributed by atoms with E-state index in [1.165, 1.54) is 25.1 Å². The second kappa shape index (κ2) is 27.5. The van der Waals surface area contributed by atoms with Crippen molar-refractivity contribution in [2.24, 2.45) is 11.8 Å². The predicted molar refractivity (Wildman–Crippen MR) is 258 cm³/mol. The molecule has 0 spiro atoms. The molecule has 3 aliphatic rings. The van der Waals surface area contributed by atoms with Gasteiger partial charge in [0, 0.05) is 36.8 Å². The van der Waals surface area contributed by atoms with Crippen molar-refractivity contribution in [3.8, 4) is 5.75 Å². The van der Waals surface area contributed by atoms with Crippen LogP contribution in [0.25, 0.3) is 22.4 Å². The molecule has 11 atom stereocenters. The molecule has 1 aromatic carbocycles. The van der Waals surface area contributed by atoms with Gasteiger partial charge in [-0.3, -0.25) is 47.4 Å². The Balaban J connectivity index is 0.00000129. The summed E-state index contributed by atoms with van der Waals surface area (Å²) in [6.45, 7) is 2.75. The molecule has 1 saturated heterocycles. The second-order valence-corrected chi connectivity index (χ2v) is 19.4. The maximum Gasteiger partial charge on any atom is 0.305 e. The maximum atomic E-state index is 14.5. The number of fused-ring (bicyclic) bond motifs is 5. The van der Waals surface area contributed by atoms with E-state index in [0.29, 0.717) is 19.5 Å². The lowest BCUT2D eigenvalue weighted by Crippen LogP contribution is -2.62. The molecule has 72 heavy (non-hydrogen) atoms. The summed E-state index contributed by atoms with van der Waals surface area (Å²) in [5.41, 5.74) is 13.8. The molecule has 8 amide bonds.